The molecule has 2 nitrogen and oxygen atoms in total. The molecule has 1 aliphatic rings. The van der Waals surface area contributed by atoms with E-state index in [9.17, 15) is 0 Å². The van der Waals surface area contributed by atoms with Crippen LogP contribution >= 0.6 is 11.6 Å². The molecule has 0 heterocycles. The monoisotopic (exact) mass is 293 g/mol. The van der Waals surface area contributed by atoms with E-state index in [2.05, 4.69) is 30.4 Å². The Hall–Kier alpha value is -0.990. The van der Waals surface area contributed by atoms with Crippen LogP contribution in [-0.2, 0) is 6.42 Å². The second kappa shape index (κ2) is 7.70. The van der Waals surface area contributed by atoms with Gasteiger partial charge in [0.1, 0.15) is 12.4 Å². The van der Waals surface area contributed by atoms with E-state index in [1.54, 1.807) is 5.54 Å². The van der Waals surface area contributed by atoms with E-state index in [0.717, 1.165) is 17.9 Å². The summed E-state index contributed by atoms with van der Waals surface area (Å²) >= 11 is 5.66. The lowest BCUT2D eigenvalue weighted by Gasteiger charge is -2.27. The average molecular weight is 294 g/mol. The number of hydrogen-bond acceptors (Lipinski definition) is 2. The Bertz CT molecular complexity index is 470. The molecule has 1 unspecified atom stereocenters. The Morgan fingerprint density at radius 2 is 2.35 bits per heavy atom. The van der Waals surface area contributed by atoms with Crippen molar-refractivity contribution < 1.29 is 4.74 Å². The van der Waals surface area contributed by atoms with Gasteiger partial charge in [-0.15, -0.1) is 0 Å². The molecule has 1 aromatic rings. The number of fused-ring (bicyclic) bond motifs is 1. The SMILES string of the molecule is CCCNC1CCCc2ccc(OC/C(C)=C/Cl)cc21. The molecule has 1 aromatic carbocycles. The number of ether oxygens (including phenoxy) is 1. The zero-order chi connectivity index (χ0) is 14.4. The Kier molecular flexibility index (Phi) is 5.93. The van der Waals surface area contributed by atoms with Crippen molar-refractivity contribution in [1.82, 2.24) is 5.32 Å². The van der Waals surface area contributed by atoms with Crippen LogP contribution in [0.3, 0.4) is 0 Å². The van der Waals surface area contributed by atoms with Crippen LogP contribution in [0.1, 0.15) is 50.3 Å². The van der Waals surface area contributed by atoms with Gasteiger partial charge < -0.3 is 10.1 Å². The quantitative estimate of drug-likeness (QED) is 0.828. The Morgan fingerprint density at radius 1 is 1.50 bits per heavy atom. The molecule has 0 fully saturated rings. The normalized spacial score (nSPS) is 18.8. The topological polar surface area (TPSA) is 21.3 Å². The maximum atomic E-state index is 5.80. The molecular weight excluding hydrogens is 270 g/mol. The molecule has 3 heteroatoms. The van der Waals surface area contributed by atoms with E-state index in [0.29, 0.717) is 12.6 Å². The molecule has 110 valence electrons. The molecule has 20 heavy (non-hydrogen) atoms. The first-order valence-corrected chi connectivity index (χ1v) is 7.93. The Labute approximate surface area is 127 Å². The molecule has 0 saturated carbocycles. The lowest BCUT2D eigenvalue weighted by atomic mass is 9.87. The number of halogens is 1. The van der Waals surface area contributed by atoms with Crippen molar-refractivity contribution >= 4 is 11.6 Å². The van der Waals surface area contributed by atoms with Gasteiger partial charge in [-0.05, 0) is 68.0 Å². The van der Waals surface area contributed by atoms with Gasteiger partial charge in [0.15, 0.2) is 0 Å². The van der Waals surface area contributed by atoms with E-state index in [-0.39, 0.29) is 0 Å². The average Bonchev–Trinajstić information content (AvgIpc) is 2.50. The third kappa shape index (κ3) is 4.00. The minimum atomic E-state index is 0.479. The van der Waals surface area contributed by atoms with Crippen LogP contribution in [0.25, 0.3) is 0 Å². The summed E-state index contributed by atoms with van der Waals surface area (Å²) < 4.78 is 5.80. The summed E-state index contributed by atoms with van der Waals surface area (Å²) in [5, 5.41) is 3.64. The molecule has 0 radical (unpaired) electrons. The summed E-state index contributed by atoms with van der Waals surface area (Å²) in [7, 11) is 0. The molecule has 0 bridgehead atoms. The van der Waals surface area contributed by atoms with E-state index < -0.39 is 0 Å². The standard InChI is InChI=1S/C17H24ClNO/c1-3-9-19-17-6-4-5-14-7-8-15(10-16(14)17)20-12-13(2)11-18/h7-8,10-11,17,19H,3-6,9,12H2,1-2H3/b13-11+. The molecular formula is C17H24ClNO. The predicted molar refractivity (Wildman–Crippen MR) is 85.5 cm³/mol. The van der Waals surface area contributed by atoms with E-state index >= 15 is 0 Å². The summed E-state index contributed by atoms with van der Waals surface area (Å²) in [5.41, 5.74) is 5.48. The van der Waals surface area contributed by atoms with Gasteiger partial charge in [-0.1, -0.05) is 24.6 Å². The number of nitrogens with one attached hydrogen (secondary N) is 1. The van der Waals surface area contributed by atoms with Crippen molar-refractivity contribution in [3.05, 3.63) is 40.4 Å². The van der Waals surface area contributed by atoms with Crippen molar-refractivity contribution in [3.8, 4) is 5.75 Å². The summed E-state index contributed by atoms with van der Waals surface area (Å²) in [5.74, 6) is 0.937. The summed E-state index contributed by atoms with van der Waals surface area (Å²) in [6, 6.07) is 6.96. The highest BCUT2D eigenvalue weighted by atomic mass is 35.5. The van der Waals surface area contributed by atoms with Crippen LogP contribution in [0.4, 0.5) is 0 Å². The van der Waals surface area contributed by atoms with Gasteiger partial charge in [0.25, 0.3) is 0 Å². The van der Waals surface area contributed by atoms with Crippen molar-refractivity contribution in [1.29, 1.82) is 0 Å². The van der Waals surface area contributed by atoms with Crippen molar-refractivity contribution in [2.24, 2.45) is 0 Å². The Balaban J connectivity index is 2.10. The van der Waals surface area contributed by atoms with Crippen LogP contribution < -0.4 is 10.1 Å². The van der Waals surface area contributed by atoms with Gasteiger partial charge in [0.05, 0.1) is 0 Å². The lowest BCUT2D eigenvalue weighted by molar-refractivity contribution is 0.350. The molecule has 1 N–H and O–H groups in total. The number of rotatable bonds is 6. The van der Waals surface area contributed by atoms with Gasteiger partial charge in [-0.25, -0.2) is 0 Å². The fourth-order valence-corrected chi connectivity index (χ4v) is 2.69. The molecule has 2 rings (SSSR count). The molecule has 0 amide bonds. The van der Waals surface area contributed by atoms with E-state index in [4.69, 9.17) is 16.3 Å². The first-order chi connectivity index (χ1) is 9.74. The highest BCUT2D eigenvalue weighted by molar-refractivity contribution is 6.25. The number of aryl methyl sites for hydroxylation is 1. The van der Waals surface area contributed by atoms with Gasteiger partial charge >= 0.3 is 0 Å². The molecule has 0 aromatic heterocycles. The largest absolute Gasteiger partial charge is 0.489 e. The maximum absolute atomic E-state index is 5.80. The van der Waals surface area contributed by atoms with E-state index in [1.165, 1.54) is 36.8 Å². The number of benzene rings is 1. The second-order valence-corrected chi connectivity index (χ2v) is 5.72. The molecule has 1 atom stereocenters. The highest BCUT2D eigenvalue weighted by Crippen LogP contribution is 2.32. The predicted octanol–water partition coefficient (Wildman–Crippen LogP) is 4.59. The highest BCUT2D eigenvalue weighted by Gasteiger charge is 2.20. The van der Waals surface area contributed by atoms with Crippen LogP contribution in [0.2, 0.25) is 0 Å². The summed E-state index contributed by atoms with van der Waals surface area (Å²) in [6.07, 6.45) is 4.84. The third-order valence-corrected chi connectivity index (χ3v) is 4.10. The zero-order valence-electron chi connectivity index (χ0n) is 12.4. The lowest BCUT2D eigenvalue weighted by Crippen LogP contribution is -2.25. The Morgan fingerprint density at radius 3 is 3.10 bits per heavy atom. The maximum Gasteiger partial charge on any atom is 0.120 e. The summed E-state index contributed by atoms with van der Waals surface area (Å²) in [6.45, 7) is 5.80. The van der Waals surface area contributed by atoms with Crippen LogP contribution in [0.5, 0.6) is 5.75 Å². The molecule has 0 saturated heterocycles. The minimum absolute atomic E-state index is 0.479. The zero-order valence-corrected chi connectivity index (χ0v) is 13.2. The van der Waals surface area contributed by atoms with Gasteiger partial charge in [0, 0.05) is 11.6 Å². The van der Waals surface area contributed by atoms with Gasteiger partial charge in [-0.3, -0.25) is 0 Å². The number of hydrogen-bond donors (Lipinski definition) is 1. The molecule has 0 aliphatic heterocycles. The third-order valence-electron chi connectivity index (χ3n) is 3.73. The molecule has 1 aliphatic carbocycles. The van der Waals surface area contributed by atoms with Crippen molar-refractivity contribution in [2.75, 3.05) is 13.2 Å². The van der Waals surface area contributed by atoms with Crippen molar-refractivity contribution in [3.63, 3.8) is 0 Å². The fourth-order valence-electron chi connectivity index (χ4n) is 2.63. The second-order valence-electron chi connectivity index (χ2n) is 5.50. The van der Waals surface area contributed by atoms with Crippen LogP contribution in [0, 0.1) is 0 Å². The first kappa shape index (κ1) is 15.4. The van der Waals surface area contributed by atoms with Gasteiger partial charge in [0.2, 0.25) is 0 Å². The van der Waals surface area contributed by atoms with Crippen LogP contribution in [-0.4, -0.2) is 13.2 Å². The minimum Gasteiger partial charge on any atom is -0.489 e. The van der Waals surface area contributed by atoms with Crippen LogP contribution in [0.15, 0.2) is 29.3 Å². The van der Waals surface area contributed by atoms with Crippen molar-refractivity contribution in [2.45, 2.75) is 45.6 Å². The smallest absolute Gasteiger partial charge is 0.120 e. The summed E-state index contributed by atoms with van der Waals surface area (Å²) in [4.78, 5) is 0. The van der Waals surface area contributed by atoms with E-state index in [1.807, 2.05) is 6.92 Å². The first-order valence-electron chi connectivity index (χ1n) is 7.49. The molecule has 0 spiro atoms. The fraction of sp³-hybridized carbons (Fsp3) is 0.529. The van der Waals surface area contributed by atoms with Gasteiger partial charge in [-0.2, -0.15) is 0 Å².